The van der Waals surface area contributed by atoms with Gasteiger partial charge in [0, 0.05) is 24.1 Å². The number of carbonyl (C=O) groups excluding carboxylic acids is 1. The Morgan fingerprint density at radius 2 is 2.04 bits per heavy atom. The summed E-state index contributed by atoms with van der Waals surface area (Å²) in [6.45, 7) is 6.06. The molecule has 1 aromatic carbocycles. The molecule has 2 N–H and O–H groups in total. The highest BCUT2D eigenvalue weighted by Gasteiger charge is 2.15. The Morgan fingerprint density at radius 1 is 1.29 bits per heavy atom. The molecule has 0 amide bonds. The zero-order chi connectivity index (χ0) is 16.5. The van der Waals surface area contributed by atoms with Gasteiger partial charge in [0.2, 0.25) is 5.12 Å². The second kappa shape index (κ2) is 11.6. The maximum atomic E-state index is 12.5. The smallest absolute Gasteiger partial charge is 0.223 e. The van der Waals surface area contributed by atoms with Gasteiger partial charge in [-0.25, -0.2) is 0 Å². The van der Waals surface area contributed by atoms with E-state index in [1.807, 2.05) is 0 Å². The fourth-order valence-corrected chi connectivity index (χ4v) is 3.54. The molecule has 24 heavy (non-hydrogen) atoms. The van der Waals surface area contributed by atoms with E-state index in [0.717, 1.165) is 25.1 Å². The van der Waals surface area contributed by atoms with Crippen LogP contribution in [0.2, 0.25) is 0 Å². The number of hydrogen-bond acceptors (Lipinski definition) is 5. The van der Waals surface area contributed by atoms with Gasteiger partial charge < -0.3 is 15.4 Å². The molecule has 6 heteroatoms. The maximum absolute atomic E-state index is 12.5. The molecule has 0 aliphatic carbocycles. The van der Waals surface area contributed by atoms with E-state index >= 15 is 0 Å². The van der Waals surface area contributed by atoms with Crippen LogP contribution in [0.4, 0.5) is 5.69 Å². The number of hydrogen-bond donors (Lipinski definition) is 1. The van der Waals surface area contributed by atoms with Crippen molar-refractivity contribution in [3.8, 4) is 5.75 Å². The number of nitrogens with two attached hydrogens (primary N) is 1. The highest BCUT2D eigenvalue weighted by molar-refractivity contribution is 8.14. The first-order valence-electron chi connectivity index (χ1n) is 8.62. The topological polar surface area (TPSA) is 55.6 Å². The first-order chi connectivity index (χ1) is 11.2. The van der Waals surface area contributed by atoms with Gasteiger partial charge in [-0.15, -0.1) is 12.4 Å². The third-order valence-corrected chi connectivity index (χ3v) is 4.94. The molecule has 136 valence electrons. The number of benzene rings is 1. The molecule has 0 saturated carbocycles. The lowest BCUT2D eigenvalue weighted by atomic mass is 10.1. The van der Waals surface area contributed by atoms with Crippen LogP contribution in [-0.4, -0.2) is 42.0 Å². The molecular formula is C18H29ClN2O2S. The summed E-state index contributed by atoms with van der Waals surface area (Å²) >= 11 is 1.38. The standard InChI is InChI=1S/C18H28N2O2S.ClH/c1-2-3-12-22-17-14-15(19)7-8-16(17)18(21)23-13-11-20-9-5-4-6-10-20;/h7-8,14H,2-6,9-13,19H2,1H3;1H. The number of halogens is 1. The Bertz CT molecular complexity index is 508. The molecule has 0 radical (unpaired) electrons. The van der Waals surface area contributed by atoms with Crippen LogP contribution in [0.15, 0.2) is 18.2 Å². The van der Waals surface area contributed by atoms with Crippen molar-refractivity contribution in [1.29, 1.82) is 0 Å². The zero-order valence-electron chi connectivity index (χ0n) is 14.5. The highest BCUT2D eigenvalue weighted by atomic mass is 35.5. The number of rotatable bonds is 8. The number of thioether (sulfide) groups is 1. The fraction of sp³-hybridized carbons (Fsp3) is 0.611. The number of nitrogen functional groups attached to an aromatic ring is 1. The molecule has 0 bridgehead atoms. The summed E-state index contributed by atoms with van der Waals surface area (Å²) in [4.78, 5) is 14.9. The van der Waals surface area contributed by atoms with Crippen molar-refractivity contribution >= 4 is 35.0 Å². The lowest BCUT2D eigenvalue weighted by Gasteiger charge is -2.25. The van der Waals surface area contributed by atoms with Crippen LogP contribution < -0.4 is 10.5 Å². The third-order valence-electron chi connectivity index (χ3n) is 4.07. The van der Waals surface area contributed by atoms with Crippen LogP contribution in [0.3, 0.4) is 0 Å². The largest absolute Gasteiger partial charge is 0.493 e. The average molecular weight is 373 g/mol. The minimum atomic E-state index is 0. The molecule has 1 aliphatic rings. The van der Waals surface area contributed by atoms with Crippen LogP contribution in [0.5, 0.6) is 5.75 Å². The molecule has 1 heterocycles. The monoisotopic (exact) mass is 372 g/mol. The van der Waals surface area contributed by atoms with Gasteiger partial charge in [0.1, 0.15) is 5.75 Å². The van der Waals surface area contributed by atoms with Crippen LogP contribution in [0.1, 0.15) is 49.4 Å². The first-order valence-corrected chi connectivity index (χ1v) is 9.61. The molecule has 2 rings (SSSR count). The van der Waals surface area contributed by atoms with E-state index in [-0.39, 0.29) is 17.5 Å². The Hall–Kier alpha value is -0.910. The van der Waals surface area contributed by atoms with Crippen molar-refractivity contribution in [1.82, 2.24) is 4.90 Å². The molecular weight excluding hydrogens is 344 g/mol. The van der Waals surface area contributed by atoms with Crippen LogP contribution in [0.25, 0.3) is 0 Å². The van der Waals surface area contributed by atoms with Gasteiger partial charge in [0.05, 0.1) is 12.2 Å². The SMILES string of the molecule is CCCCOc1cc(N)ccc1C(=O)SCCN1CCCCC1.Cl. The lowest BCUT2D eigenvalue weighted by molar-refractivity contribution is 0.108. The minimum absolute atomic E-state index is 0. The fourth-order valence-electron chi connectivity index (χ4n) is 2.68. The Morgan fingerprint density at radius 3 is 2.75 bits per heavy atom. The Balaban J connectivity index is 0.00000288. The van der Waals surface area contributed by atoms with Crippen LogP contribution in [-0.2, 0) is 0 Å². The predicted octanol–water partition coefficient (Wildman–Crippen LogP) is 4.23. The average Bonchev–Trinajstić information content (AvgIpc) is 2.56. The summed E-state index contributed by atoms with van der Waals surface area (Å²) in [7, 11) is 0. The van der Waals surface area contributed by atoms with Crippen molar-refractivity contribution in [3.63, 3.8) is 0 Å². The molecule has 0 spiro atoms. The molecule has 0 atom stereocenters. The van der Waals surface area contributed by atoms with Gasteiger partial charge in [-0.05, 0) is 44.5 Å². The molecule has 4 nitrogen and oxygen atoms in total. The molecule has 0 unspecified atom stereocenters. The molecule has 1 aliphatic heterocycles. The van der Waals surface area contributed by atoms with E-state index in [1.54, 1.807) is 18.2 Å². The number of ether oxygens (including phenoxy) is 1. The lowest BCUT2D eigenvalue weighted by Crippen LogP contribution is -2.31. The van der Waals surface area contributed by atoms with Gasteiger partial charge in [0.15, 0.2) is 0 Å². The summed E-state index contributed by atoms with van der Waals surface area (Å²) in [5.74, 6) is 1.45. The van der Waals surface area contributed by atoms with Crippen molar-refractivity contribution < 1.29 is 9.53 Å². The summed E-state index contributed by atoms with van der Waals surface area (Å²) < 4.78 is 5.75. The molecule has 0 aromatic heterocycles. The Labute approximate surface area is 155 Å². The quantitative estimate of drug-likeness (QED) is 0.546. The van der Waals surface area contributed by atoms with Crippen molar-refractivity contribution in [2.45, 2.75) is 39.0 Å². The number of unbranched alkanes of at least 4 members (excludes halogenated alkanes) is 1. The normalized spacial score (nSPS) is 14.9. The number of carbonyl (C=O) groups is 1. The highest BCUT2D eigenvalue weighted by Crippen LogP contribution is 2.26. The van der Waals surface area contributed by atoms with E-state index in [9.17, 15) is 4.79 Å². The van der Waals surface area contributed by atoms with Crippen molar-refractivity contribution in [3.05, 3.63) is 23.8 Å². The summed E-state index contributed by atoms with van der Waals surface area (Å²) in [5.41, 5.74) is 7.09. The Kier molecular flexibility index (Phi) is 10.2. The summed E-state index contributed by atoms with van der Waals surface area (Å²) in [6, 6.07) is 5.31. The number of likely N-dealkylation sites (tertiary alicyclic amines) is 1. The number of anilines is 1. The first kappa shape index (κ1) is 21.1. The van der Waals surface area contributed by atoms with E-state index < -0.39 is 0 Å². The van der Waals surface area contributed by atoms with E-state index in [2.05, 4.69) is 11.8 Å². The second-order valence-corrected chi connectivity index (χ2v) is 7.06. The van der Waals surface area contributed by atoms with Gasteiger partial charge in [-0.3, -0.25) is 4.79 Å². The maximum Gasteiger partial charge on any atom is 0.223 e. The number of piperidine rings is 1. The number of nitrogens with zero attached hydrogens (tertiary/aromatic N) is 1. The van der Waals surface area contributed by atoms with Crippen LogP contribution in [0, 0.1) is 0 Å². The predicted molar refractivity (Wildman–Crippen MR) is 106 cm³/mol. The summed E-state index contributed by atoms with van der Waals surface area (Å²) in [5, 5.41) is 0.0773. The van der Waals surface area contributed by atoms with E-state index in [4.69, 9.17) is 10.5 Å². The van der Waals surface area contributed by atoms with Gasteiger partial charge >= 0.3 is 0 Å². The second-order valence-electron chi connectivity index (χ2n) is 6.00. The van der Waals surface area contributed by atoms with Gasteiger partial charge in [0.25, 0.3) is 0 Å². The third kappa shape index (κ3) is 6.91. The van der Waals surface area contributed by atoms with Gasteiger partial charge in [-0.1, -0.05) is 31.5 Å². The van der Waals surface area contributed by atoms with Crippen molar-refractivity contribution in [2.24, 2.45) is 0 Å². The van der Waals surface area contributed by atoms with E-state index in [0.29, 0.717) is 23.6 Å². The zero-order valence-corrected chi connectivity index (χ0v) is 16.1. The van der Waals surface area contributed by atoms with E-state index in [1.165, 1.54) is 44.1 Å². The molecule has 1 fully saturated rings. The van der Waals surface area contributed by atoms with Crippen molar-refractivity contribution in [2.75, 3.05) is 37.7 Å². The minimum Gasteiger partial charge on any atom is -0.493 e. The molecule has 1 saturated heterocycles. The molecule has 1 aromatic rings. The summed E-state index contributed by atoms with van der Waals surface area (Å²) in [6.07, 6.45) is 5.95. The van der Waals surface area contributed by atoms with Crippen LogP contribution >= 0.6 is 24.2 Å². The van der Waals surface area contributed by atoms with Gasteiger partial charge in [-0.2, -0.15) is 0 Å².